The van der Waals surface area contributed by atoms with Crippen LogP contribution in [0.3, 0.4) is 0 Å². The van der Waals surface area contributed by atoms with Crippen molar-refractivity contribution in [3.63, 3.8) is 0 Å². The lowest BCUT2D eigenvalue weighted by atomic mass is 9.86. The standard InChI is InChI=1S/C18H26N2O/c19-9-4-10-20(17-5-2-1-3-6-17)18(21)13-16-12-14-7-8-15(16)11-14/h1-3,5-6,14-16H,4,7-13,19H2. The Balaban J connectivity index is 1.66. The minimum Gasteiger partial charge on any atom is -0.330 e. The third-order valence-corrected chi connectivity index (χ3v) is 5.28. The van der Waals surface area contributed by atoms with E-state index >= 15 is 0 Å². The molecule has 0 spiro atoms. The first kappa shape index (κ1) is 14.6. The molecule has 1 amide bonds. The van der Waals surface area contributed by atoms with Gasteiger partial charge in [0.15, 0.2) is 0 Å². The molecule has 114 valence electrons. The van der Waals surface area contributed by atoms with E-state index in [0.717, 1.165) is 36.9 Å². The topological polar surface area (TPSA) is 46.3 Å². The maximum Gasteiger partial charge on any atom is 0.227 e. The van der Waals surface area contributed by atoms with Crippen molar-refractivity contribution in [1.29, 1.82) is 0 Å². The quantitative estimate of drug-likeness (QED) is 0.873. The van der Waals surface area contributed by atoms with Gasteiger partial charge >= 0.3 is 0 Å². The molecule has 0 saturated heterocycles. The third kappa shape index (κ3) is 3.29. The Morgan fingerprint density at radius 1 is 1.19 bits per heavy atom. The van der Waals surface area contributed by atoms with Crippen molar-refractivity contribution in [2.45, 2.75) is 38.5 Å². The number of anilines is 1. The number of carbonyl (C=O) groups is 1. The summed E-state index contributed by atoms with van der Waals surface area (Å²) in [7, 11) is 0. The molecule has 0 radical (unpaired) electrons. The fourth-order valence-electron chi connectivity index (χ4n) is 4.22. The van der Waals surface area contributed by atoms with Crippen LogP contribution in [0.4, 0.5) is 5.69 Å². The molecule has 3 rings (SSSR count). The van der Waals surface area contributed by atoms with E-state index in [0.29, 0.717) is 12.5 Å². The third-order valence-electron chi connectivity index (χ3n) is 5.28. The molecule has 1 aromatic carbocycles. The minimum atomic E-state index is 0.284. The monoisotopic (exact) mass is 286 g/mol. The lowest BCUT2D eigenvalue weighted by molar-refractivity contribution is -0.119. The highest BCUT2D eigenvalue weighted by Gasteiger charge is 2.40. The lowest BCUT2D eigenvalue weighted by Gasteiger charge is -2.27. The van der Waals surface area contributed by atoms with Crippen LogP contribution in [0.25, 0.3) is 0 Å². The maximum absolute atomic E-state index is 12.8. The molecular weight excluding hydrogens is 260 g/mol. The van der Waals surface area contributed by atoms with Crippen molar-refractivity contribution < 1.29 is 4.79 Å². The van der Waals surface area contributed by atoms with Crippen molar-refractivity contribution in [2.75, 3.05) is 18.0 Å². The summed E-state index contributed by atoms with van der Waals surface area (Å²) in [5.74, 6) is 2.63. The molecule has 3 atom stereocenters. The molecule has 2 N–H and O–H groups in total. The average molecular weight is 286 g/mol. The average Bonchev–Trinajstić information content (AvgIpc) is 3.11. The van der Waals surface area contributed by atoms with Gasteiger partial charge in [-0.2, -0.15) is 0 Å². The first-order valence-electron chi connectivity index (χ1n) is 8.33. The Morgan fingerprint density at radius 2 is 2.00 bits per heavy atom. The summed E-state index contributed by atoms with van der Waals surface area (Å²) in [4.78, 5) is 14.7. The van der Waals surface area contributed by atoms with E-state index < -0.39 is 0 Å². The summed E-state index contributed by atoms with van der Waals surface area (Å²) >= 11 is 0. The van der Waals surface area contributed by atoms with E-state index in [2.05, 4.69) is 0 Å². The van der Waals surface area contributed by atoms with E-state index in [1.54, 1.807) is 0 Å². The van der Waals surface area contributed by atoms with Gasteiger partial charge in [0.1, 0.15) is 0 Å². The molecule has 2 saturated carbocycles. The normalized spacial score (nSPS) is 27.0. The molecule has 0 aliphatic heterocycles. The highest BCUT2D eigenvalue weighted by atomic mass is 16.2. The number of nitrogens with two attached hydrogens (primary N) is 1. The second-order valence-electron chi connectivity index (χ2n) is 6.66. The van der Waals surface area contributed by atoms with Crippen LogP contribution < -0.4 is 10.6 Å². The van der Waals surface area contributed by atoms with Gasteiger partial charge in [-0.05, 0) is 62.1 Å². The zero-order valence-electron chi connectivity index (χ0n) is 12.7. The van der Waals surface area contributed by atoms with Gasteiger partial charge in [-0.15, -0.1) is 0 Å². The highest BCUT2D eigenvalue weighted by Crippen LogP contribution is 2.49. The van der Waals surface area contributed by atoms with E-state index in [9.17, 15) is 4.79 Å². The van der Waals surface area contributed by atoms with Crippen LogP contribution in [0.5, 0.6) is 0 Å². The van der Waals surface area contributed by atoms with Crippen molar-refractivity contribution >= 4 is 11.6 Å². The lowest BCUT2D eigenvalue weighted by Crippen LogP contribution is -2.34. The van der Waals surface area contributed by atoms with Gasteiger partial charge in [-0.25, -0.2) is 0 Å². The predicted molar refractivity (Wildman–Crippen MR) is 86.0 cm³/mol. The number of hydrogen-bond acceptors (Lipinski definition) is 2. The molecule has 2 aliphatic rings. The number of fused-ring (bicyclic) bond motifs is 2. The van der Waals surface area contributed by atoms with Crippen LogP contribution >= 0.6 is 0 Å². The second kappa shape index (κ2) is 6.61. The van der Waals surface area contributed by atoms with Crippen LogP contribution in [0.15, 0.2) is 30.3 Å². The number of carbonyl (C=O) groups excluding carboxylic acids is 1. The Morgan fingerprint density at radius 3 is 2.62 bits per heavy atom. The van der Waals surface area contributed by atoms with Gasteiger partial charge in [0, 0.05) is 18.7 Å². The Labute approximate surface area is 127 Å². The number of para-hydroxylation sites is 1. The van der Waals surface area contributed by atoms with Crippen LogP contribution in [-0.2, 0) is 4.79 Å². The second-order valence-corrected chi connectivity index (χ2v) is 6.66. The van der Waals surface area contributed by atoms with E-state index in [-0.39, 0.29) is 5.91 Å². The van der Waals surface area contributed by atoms with Crippen molar-refractivity contribution in [2.24, 2.45) is 23.5 Å². The fourth-order valence-corrected chi connectivity index (χ4v) is 4.22. The summed E-state index contributed by atoms with van der Waals surface area (Å²) in [6.45, 7) is 1.37. The Bertz CT molecular complexity index is 473. The number of rotatable bonds is 6. The van der Waals surface area contributed by atoms with Gasteiger partial charge in [0.05, 0.1) is 0 Å². The van der Waals surface area contributed by atoms with Gasteiger partial charge < -0.3 is 10.6 Å². The summed E-state index contributed by atoms with van der Waals surface area (Å²) in [5, 5.41) is 0. The van der Waals surface area contributed by atoms with Gasteiger partial charge in [-0.3, -0.25) is 4.79 Å². The first-order valence-corrected chi connectivity index (χ1v) is 8.33. The van der Waals surface area contributed by atoms with Crippen molar-refractivity contribution in [3.05, 3.63) is 30.3 Å². The molecule has 3 unspecified atom stereocenters. The molecule has 3 heteroatoms. The van der Waals surface area contributed by atoms with Crippen molar-refractivity contribution in [1.82, 2.24) is 0 Å². The maximum atomic E-state index is 12.8. The van der Waals surface area contributed by atoms with Gasteiger partial charge in [0.25, 0.3) is 0 Å². The number of nitrogens with zero attached hydrogens (tertiary/aromatic N) is 1. The number of benzene rings is 1. The van der Waals surface area contributed by atoms with Gasteiger partial charge in [-0.1, -0.05) is 24.6 Å². The Kier molecular flexibility index (Phi) is 4.59. The predicted octanol–water partition coefficient (Wildman–Crippen LogP) is 3.19. The first-order chi connectivity index (χ1) is 10.3. The van der Waals surface area contributed by atoms with Crippen molar-refractivity contribution in [3.8, 4) is 0 Å². The molecule has 2 fully saturated rings. The smallest absolute Gasteiger partial charge is 0.227 e. The van der Waals surface area contributed by atoms with Crippen LogP contribution in [0.1, 0.15) is 38.5 Å². The molecule has 3 nitrogen and oxygen atoms in total. The van der Waals surface area contributed by atoms with Crippen LogP contribution in [-0.4, -0.2) is 19.0 Å². The van der Waals surface area contributed by atoms with Crippen LogP contribution in [0, 0.1) is 17.8 Å². The van der Waals surface area contributed by atoms with E-state index in [4.69, 9.17) is 5.73 Å². The molecule has 2 bridgehead atoms. The number of amides is 1. The van der Waals surface area contributed by atoms with Gasteiger partial charge in [0.2, 0.25) is 5.91 Å². The highest BCUT2D eigenvalue weighted by molar-refractivity contribution is 5.93. The fraction of sp³-hybridized carbons (Fsp3) is 0.611. The summed E-state index contributed by atoms with van der Waals surface area (Å²) in [6.07, 6.45) is 6.96. The molecule has 21 heavy (non-hydrogen) atoms. The minimum absolute atomic E-state index is 0.284. The van der Waals surface area contributed by atoms with Crippen LogP contribution in [0.2, 0.25) is 0 Å². The zero-order valence-corrected chi connectivity index (χ0v) is 12.7. The zero-order chi connectivity index (χ0) is 14.7. The molecule has 2 aliphatic carbocycles. The molecular formula is C18H26N2O. The SMILES string of the molecule is NCCCN(C(=O)CC1CC2CCC1C2)c1ccccc1. The summed E-state index contributed by atoms with van der Waals surface area (Å²) in [5.41, 5.74) is 6.64. The van der Waals surface area contributed by atoms with E-state index in [1.807, 2.05) is 35.2 Å². The number of hydrogen-bond donors (Lipinski definition) is 1. The molecule has 1 aromatic rings. The van der Waals surface area contributed by atoms with E-state index in [1.165, 1.54) is 25.7 Å². The summed E-state index contributed by atoms with van der Waals surface area (Å²) < 4.78 is 0. The summed E-state index contributed by atoms with van der Waals surface area (Å²) in [6, 6.07) is 10.0. The molecule has 0 aromatic heterocycles. The largest absolute Gasteiger partial charge is 0.330 e. The Hall–Kier alpha value is -1.35. The molecule has 0 heterocycles.